The fourth-order valence-electron chi connectivity index (χ4n) is 2.90. The SMILES string of the molecule is CCC(Nc1cc(C)c(Br)cn1)C1CCCCC1. The fraction of sp³-hybridized carbons (Fsp3) is 0.667. The van der Waals surface area contributed by atoms with Gasteiger partial charge in [-0.2, -0.15) is 0 Å². The predicted octanol–water partition coefficient (Wildman–Crippen LogP) is 4.92. The number of aryl methyl sites for hydroxylation is 1. The van der Waals surface area contributed by atoms with Crippen LogP contribution in [0.2, 0.25) is 0 Å². The Labute approximate surface area is 119 Å². The monoisotopic (exact) mass is 310 g/mol. The first kappa shape index (κ1) is 13.9. The van der Waals surface area contributed by atoms with Gasteiger partial charge in [0.05, 0.1) is 0 Å². The topological polar surface area (TPSA) is 24.9 Å². The number of pyridine rings is 1. The Morgan fingerprint density at radius 1 is 1.39 bits per heavy atom. The van der Waals surface area contributed by atoms with Crippen molar-refractivity contribution in [2.75, 3.05) is 5.32 Å². The molecule has 1 N–H and O–H groups in total. The molecule has 3 heteroatoms. The van der Waals surface area contributed by atoms with Crippen LogP contribution in [0.25, 0.3) is 0 Å². The highest BCUT2D eigenvalue weighted by molar-refractivity contribution is 9.10. The number of halogens is 1. The van der Waals surface area contributed by atoms with E-state index in [2.05, 4.69) is 46.1 Å². The number of hydrogen-bond acceptors (Lipinski definition) is 2. The van der Waals surface area contributed by atoms with E-state index in [9.17, 15) is 0 Å². The molecule has 100 valence electrons. The Morgan fingerprint density at radius 3 is 2.72 bits per heavy atom. The van der Waals surface area contributed by atoms with E-state index >= 15 is 0 Å². The number of anilines is 1. The van der Waals surface area contributed by atoms with Gasteiger partial charge in [0.15, 0.2) is 0 Å². The highest BCUT2D eigenvalue weighted by Crippen LogP contribution is 2.29. The van der Waals surface area contributed by atoms with Gasteiger partial charge in [-0.05, 0) is 59.7 Å². The smallest absolute Gasteiger partial charge is 0.126 e. The Kier molecular flexibility index (Phi) is 5.04. The molecule has 0 aliphatic heterocycles. The summed E-state index contributed by atoms with van der Waals surface area (Å²) in [5.74, 6) is 1.85. The predicted molar refractivity (Wildman–Crippen MR) is 81.0 cm³/mol. The van der Waals surface area contributed by atoms with E-state index in [4.69, 9.17) is 0 Å². The second-order valence-corrected chi connectivity index (χ2v) is 6.23. The van der Waals surface area contributed by atoms with Crippen LogP contribution in [0.3, 0.4) is 0 Å². The quantitative estimate of drug-likeness (QED) is 0.853. The zero-order chi connectivity index (χ0) is 13.0. The van der Waals surface area contributed by atoms with E-state index < -0.39 is 0 Å². The average molecular weight is 311 g/mol. The summed E-state index contributed by atoms with van der Waals surface area (Å²) < 4.78 is 1.08. The van der Waals surface area contributed by atoms with Gasteiger partial charge in [0, 0.05) is 16.7 Å². The lowest BCUT2D eigenvalue weighted by atomic mass is 9.83. The minimum Gasteiger partial charge on any atom is -0.367 e. The molecule has 1 fully saturated rings. The van der Waals surface area contributed by atoms with E-state index in [0.717, 1.165) is 16.2 Å². The van der Waals surface area contributed by atoms with Crippen LogP contribution in [0.4, 0.5) is 5.82 Å². The van der Waals surface area contributed by atoms with Gasteiger partial charge in [0.1, 0.15) is 5.82 Å². The molecule has 2 rings (SSSR count). The second-order valence-electron chi connectivity index (χ2n) is 5.38. The molecule has 18 heavy (non-hydrogen) atoms. The van der Waals surface area contributed by atoms with Crippen LogP contribution in [0.1, 0.15) is 51.0 Å². The van der Waals surface area contributed by atoms with Gasteiger partial charge < -0.3 is 5.32 Å². The van der Waals surface area contributed by atoms with Crippen molar-refractivity contribution in [2.24, 2.45) is 5.92 Å². The summed E-state index contributed by atoms with van der Waals surface area (Å²) >= 11 is 3.50. The van der Waals surface area contributed by atoms with Crippen molar-refractivity contribution in [3.63, 3.8) is 0 Å². The van der Waals surface area contributed by atoms with Crippen LogP contribution in [-0.2, 0) is 0 Å². The molecule has 0 bridgehead atoms. The molecule has 1 aromatic heterocycles. The summed E-state index contributed by atoms with van der Waals surface area (Å²) in [5.41, 5.74) is 1.24. The molecule has 1 unspecified atom stereocenters. The summed E-state index contributed by atoms with van der Waals surface area (Å²) in [6.45, 7) is 4.39. The number of nitrogens with zero attached hydrogens (tertiary/aromatic N) is 1. The maximum Gasteiger partial charge on any atom is 0.126 e. The van der Waals surface area contributed by atoms with Crippen molar-refractivity contribution in [1.29, 1.82) is 0 Å². The maximum absolute atomic E-state index is 4.46. The summed E-state index contributed by atoms with van der Waals surface area (Å²) in [6, 6.07) is 2.72. The minimum atomic E-state index is 0.582. The van der Waals surface area contributed by atoms with Gasteiger partial charge in [-0.25, -0.2) is 4.98 Å². The number of nitrogens with one attached hydrogen (secondary N) is 1. The summed E-state index contributed by atoms with van der Waals surface area (Å²) in [6.07, 6.45) is 10.0. The van der Waals surface area contributed by atoms with Crippen molar-refractivity contribution in [3.8, 4) is 0 Å². The van der Waals surface area contributed by atoms with Crippen molar-refractivity contribution in [1.82, 2.24) is 4.98 Å². The first-order valence-corrected chi connectivity index (χ1v) is 7.88. The van der Waals surface area contributed by atoms with E-state index in [1.165, 1.54) is 44.1 Å². The van der Waals surface area contributed by atoms with Crippen molar-refractivity contribution in [2.45, 2.75) is 58.4 Å². The van der Waals surface area contributed by atoms with Crippen LogP contribution in [0.15, 0.2) is 16.7 Å². The van der Waals surface area contributed by atoms with Gasteiger partial charge in [0.2, 0.25) is 0 Å². The molecule has 1 atom stereocenters. The van der Waals surface area contributed by atoms with E-state index in [-0.39, 0.29) is 0 Å². The maximum atomic E-state index is 4.46. The number of aromatic nitrogens is 1. The summed E-state index contributed by atoms with van der Waals surface area (Å²) in [7, 11) is 0. The standard InChI is InChI=1S/C15H23BrN2/c1-3-14(12-7-5-4-6-8-12)18-15-9-11(2)13(16)10-17-15/h9-10,12,14H,3-8H2,1-2H3,(H,17,18). The van der Waals surface area contributed by atoms with E-state index in [1.54, 1.807) is 0 Å². The van der Waals surface area contributed by atoms with Gasteiger partial charge >= 0.3 is 0 Å². The Hall–Kier alpha value is -0.570. The average Bonchev–Trinajstić information content (AvgIpc) is 2.41. The largest absolute Gasteiger partial charge is 0.367 e. The van der Waals surface area contributed by atoms with Gasteiger partial charge in [-0.15, -0.1) is 0 Å². The van der Waals surface area contributed by atoms with Crippen LogP contribution in [0, 0.1) is 12.8 Å². The molecule has 0 aromatic carbocycles. The lowest BCUT2D eigenvalue weighted by Crippen LogP contribution is -2.30. The third-order valence-corrected chi connectivity index (χ3v) is 4.87. The first-order valence-electron chi connectivity index (χ1n) is 7.09. The molecule has 1 aliphatic rings. The van der Waals surface area contributed by atoms with E-state index in [1.807, 2.05) is 6.20 Å². The molecule has 1 heterocycles. The van der Waals surface area contributed by atoms with Gasteiger partial charge in [-0.1, -0.05) is 26.2 Å². The van der Waals surface area contributed by atoms with Crippen molar-refractivity contribution >= 4 is 21.7 Å². The molecule has 1 saturated carbocycles. The summed E-state index contributed by atoms with van der Waals surface area (Å²) in [4.78, 5) is 4.46. The molecule has 2 nitrogen and oxygen atoms in total. The third kappa shape index (κ3) is 3.47. The van der Waals surface area contributed by atoms with Crippen LogP contribution >= 0.6 is 15.9 Å². The molecule has 0 amide bonds. The lowest BCUT2D eigenvalue weighted by molar-refractivity contribution is 0.312. The molecular formula is C15H23BrN2. The second kappa shape index (κ2) is 6.55. The minimum absolute atomic E-state index is 0.582. The third-order valence-electron chi connectivity index (χ3n) is 4.04. The Bertz CT molecular complexity index is 386. The van der Waals surface area contributed by atoms with Crippen molar-refractivity contribution in [3.05, 3.63) is 22.3 Å². The van der Waals surface area contributed by atoms with Gasteiger partial charge in [-0.3, -0.25) is 0 Å². The zero-order valence-electron chi connectivity index (χ0n) is 11.4. The molecule has 1 aromatic rings. The van der Waals surface area contributed by atoms with Gasteiger partial charge in [0.25, 0.3) is 0 Å². The van der Waals surface area contributed by atoms with E-state index in [0.29, 0.717) is 6.04 Å². The molecule has 0 spiro atoms. The summed E-state index contributed by atoms with van der Waals surface area (Å²) in [5, 5.41) is 3.63. The fourth-order valence-corrected chi connectivity index (χ4v) is 3.11. The van der Waals surface area contributed by atoms with Crippen LogP contribution < -0.4 is 5.32 Å². The normalized spacial score (nSPS) is 18.6. The number of hydrogen-bond donors (Lipinski definition) is 1. The van der Waals surface area contributed by atoms with Crippen molar-refractivity contribution < 1.29 is 0 Å². The molecule has 0 radical (unpaired) electrons. The zero-order valence-corrected chi connectivity index (χ0v) is 13.0. The Morgan fingerprint density at radius 2 is 2.11 bits per heavy atom. The highest BCUT2D eigenvalue weighted by atomic mass is 79.9. The Balaban J connectivity index is 2.02. The van der Waals surface area contributed by atoms with Crippen LogP contribution in [0.5, 0.6) is 0 Å². The molecule has 0 saturated heterocycles. The molecule has 1 aliphatic carbocycles. The van der Waals surface area contributed by atoms with Crippen LogP contribution in [-0.4, -0.2) is 11.0 Å². The highest BCUT2D eigenvalue weighted by Gasteiger charge is 2.22. The lowest BCUT2D eigenvalue weighted by Gasteiger charge is -2.30. The first-order chi connectivity index (χ1) is 8.70. The number of rotatable bonds is 4. The molecular weight excluding hydrogens is 288 g/mol.